The Balaban J connectivity index is 1.75. The number of benzene rings is 2. The van der Waals surface area contributed by atoms with E-state index < -0.39 is 0 Å². The van der Waals surface area contributed by atoms with Gasteiger partial charge in [0.1, 0.15) is 6.61 Å². The number of nitrogens with one attached hydrogen (secondary N) is 1. The van der Waals surface area contributed by atoms with Crippen molar-refractivity contribution in [3.05, 3.63) is 69.2 Å². The third-order valence-electron chi connectivity index (χ3n) is 4.02. The monoisotopic (exact) mass is 467 g/mol. The number of anilines is 1. The van der Waals surface area contributed by atoms with Gasteiger partial charge < -0.3 is 14.8 Å². The van der Waals surface area contributed by atoms with Gasteiger partial charge >= 0.3 is 0 Å². The fourth-order valence-electron chi connectivity index (χ4n) is 2.67. The first-order valence-corrected chi connectivity index (χ1v) is 10.3. The molecule has 0 aliphatic carbocycles. The molecular weight excluding hydrogens is 449 g/mol. The lowest BCUT2D eigenvalue weighted by Crippen LogP contribution is -2.09. The van der Waals surface area contributed by atoms with Crippen molar-refractivity contribution in [2.75, 3.05) is 11.9 Å². The SMILES string of the molecule is C=CCn1nnnc1NCc1cc(Cl)c(OCc2ccc(Cl)c(Cl)c2)c(OCC)c1. The van der Waals surface area contributed by atoms with Crippen LogP contribution in [0.1, 0.15) is 18.1 Å². The molecule has 0 spiro atoms. The molecule has 3 aromatic rings. The first-order chi connectivity index (χ1) is 14.5. The van der Waals surface area contributed by atoms with E-state index in [-0.39, 0.29) is 6.61 Å². The summed E-state index contributed by atoms with van der Waals surface area (Å²) in [4.78, 5) is 0. The minimum absolute atomic E-state index is 0.268. The highest BCUT2D eigenvalue weighted by Gasteiger charge is 2.14. The quantitative estimate of drug-likeness (QED) is 0.401. The maximum absolute atomic E-state index is 6.50. The van der Waals surface area contributed by atoms with Crippen LogP contribution >= 0.6 is 34.8 Å². The lowest BCUT2D eigenvalue weighted by molar-refractivity contribution is 0.269. The van der Waals surface area contributed by atoms with Crippen molar-refractivity contribution in [2.24, 2.45) is 0 Å². The number of ether oxygens (including phenoxy) is 2. The fraction of sp³-hybridized carbons (Fsp3) is 0.250. The van der Waals surface area contributed by atoms with E-state index in [9.17, 15) is 0 Å². The van der Waals surface area contributed by atoms with Gasteiger partial charge in [-0.05, 0) is 52.7 Å². The molecule has 0 fully saturated rings. The van der Waals surface area contributed by atoms with E-state index in [1.54, 1.807) is 22.9 Å². The van der Waals surface area contributed by atoms with E-state index in [2.05, 4.69) is 27.4 Å². The Morgan fingerprint density at radius 2 is 1.87 bits per heavy atom. The summed E-state index contributed by atoms with van der Waals surface area (Å²) in [5.74, 6) is 1.54. The summed E-state index contributed by atoms with van der Waals surface area (Å²) in [6.07, 6.45) is 1.71. The lowest BCUT2D eigenvalue weighted by Gasteiger charge is -2.16. The van der Waals surface area contributed by atoms with Crippen molar-refractivity contribution < 1.29 is 9.47 Å². The number of rotatable bonds is 10. The highest BCUT2D eigenvalue weighted by molar-refractivity contribution is 6.42. The zero-order valence-corrected chi connectivity index (χ0v) is 18.5. The van der Waals surface area contributed by atoms with E-state index in [0.717, 1.165) is 11.1 Å². The molecule has 0 atom stereocenters. The first kappa shape index (κ1) is 22.2. The predicted octanol–water partition coefficient (Wildman–Crippen LogP) is 5.41. The fourth-order valence-corrected chi connectivity index (χ4v) is 3.28. The molecule has 7 nitrogen and oxygen atoms in total. The normalized spacial score (nSPS) is 10.7. The van der Waals surface area contributed by atoms with Crippen LogP contribution in [0.15, 0.2) is 43.0 Å². The number of hydrogen-bond acceptors (Lipinski definition) is 6. The number of tetrazole rings is 1. The Morgan fingerprint density at radius 1 is 1.07 bits per heavy atom. The lowest BCUT2D eigenvalue weighted by atomic mass is 10.2. The molecule has 30 heavy (non-hydrogen) atoms. The number of allylic oxidation sites excluding steroid dienone is 1. The van der Waals surface area contributed by atoms with Gasteiger partial charge in [-0.3, -0.25) is 0 Å². The molecule has 1 N–H and O–H groups in total. The van der Waals surface area contributed by atoms with Gasteiger partial charge in [0.15, 0.2) is 11.5 Å². The molecule has 0 saturated heterocycles. The molecule has 0 aliphatic heterocycles. The average Bonchev–Trinajstić information content (AvgIpc) is 3.16. The highest BCUT2D eigenvalue weighted by atomic mass is 35.5. The van der Waals surface area contributed by atoms with Crippen LogP contribution in [0.25, 0.3) is 0 Å². The van der Waals surface area contributed by atoms with Crippen LogP contribution in [0.3, 0.4) is 0 Å². The van der Waals surface area contributed by atoms with E-state index >= 15 is 0 Å². The standard InChI is InChI=1S/C20H20Cl3N5O2/c1-3-7-28-20(25-26-27-28)24-11-14-9-17(23)19(18(10-14)29-4-2)30-12-13-5-6-15(21)16(22)8-13/h3,5-6,8-10H,1,4,7,11-12H2,2H3,(H,24,25,27). The highest BCUT2D eigenvalue weighted by Crippen LogP contribution is 2.37. The molecule has 0 unspecified atom stereocenters. The summed E-state index contributed by atoms with van der Waals surface area (Å²) in [7, 11) is 0. The summed E-state index contributed by atoms with van der Waals surface area (Å²) in [6.45, 7) is 7.27. The van der Waals surface area contributed by atoms with Gasteiger partial charge in [0, 0.05) is 6.54 Å². The van der Waals surface area contributed by atoms with E-state index in [0.29, 0.717) is 52.2 Å². The summed E-state index contributed by atoms with van der Waals surface area (Å²) < 4.78 is 13.3. The molecule has 0 radical (unpaired) electrons. The second-order valence-corrected chi connectivity index (χ2v) is 7.42. The topological polar surface area (TPSA) is 74.1 Å². The molecule has 158 valence electrons. The number of hydrogen-bond donors (Lipinski definition) is 1. The minimum atomic E-state index is 0.268. The van der Waals surface area contributed by atoms with Crippen molar-refractivity contribution in [1.29, 1.82) is 0 Å². The summed E-state index contributed by atoms with van der Waals surface area (Å²) in [6, 6.07) is 9.00. The van der Waals surface area contributed by atoms with E-state index in [1.165, 1.54) is 0 Å². The zero-order valence-electron chi connectivity index (χ0n) is 16.2. The van der Waals surface area contributed by atoms with Crippen LogP contribution in [0, 0.1) is 0 Å². The largest absolute Gasteiger partial charge is 0.490 e. The third kappa shape index (κ3) is 5.56. The van der Waals surface area contributed by atoms with E-state index in [1.807, 2.05) is 25.1 Å². The van der Waals surface area contributed by atoms with Crippen molar-refractivity contribution in [3.8, 4) is 11.5 Å². The van der Waals surface area contributed by atoms with Crippen LogP contribution in [-0.2, 0) is 19.7 Å². The first-order valence-electron chi connectivity index (χ1n) is 9.14. The summed E-state index contributed by atoms with van der Waals surface area (Å²) in [5, 5.41) is 16.1. The molecule has 2 aromatic carbocycles. The second kappa shape index (κ2) is 10.5. The van der Waals surface area contributed by atoms with Crippen molar-refractivity contribution in [2.45, 2.75) is 26.6 Å². The Bertz CT molecular complexity index is 1030. The zero-order chi connectivity index (χ0) is 21.5. The Kier molecular flexibility index (Phi) is 7.79. The van der Waals surface area contributed by atoms with Crippen LogP contribution < -0.4 is 14.8 Å². The maximum Gasteiger partial charge on any atom is 0.243 e. The minimum Gasteiger partial charge on any atom is -0.490 e. The molecule has 3 rings (SSSR count). The van der Waals surface area contributed by atoms with Gasteiger partial charge in [-0.25, -0.2) is 4.68 Å². The van der Waals surface area contributed by atoms with Gasteiger partial charge in [-0.15, -0.1) is 6.58 Å². The molecule has 0 aliphatic rings. The molecule has 1 aromatic heterocycles. The molecule has 0 amide bonds. The smallest absolute Gasteiger partial charge is 0.243 e. The van der Waals surface area contributed by atoms with Crippen LogP contribution in [0.4, 0.5) is 5.95 Å². The second-order valence-electron chi connectivity index (χ2n) is 6.20. The predicted molar refractivity (Wildman–Crippen MR) is 119 cm³/mol. The summed E-state index contributed by atoms with van der Waals surface area (Å²) >= 11 is 18.5. The van der Waals surface area contributed by atoms with Crippen molar-refractivity contribution >= 4 is 40.8 Å². The van der Waals surface area contributed by atoms with E-state index in [4.69, 9.17) is 44.3 Å². The molecule has 10 heteroatoms. The van der Waals surface area contributed by atoms with Crippen LogP contribution in [0.5, 0.6) is 11.5 Å². The number of aromatic nitrogens is 4. The Labute approximate surface area is 189 Å². The van der Waals surface area contributed by atoms with Crippen LogP contribution in [-0.4, -0.2) is 26.8 Å². The van der Waals surface area contributed by atoms with Gasteiger partial charge in [-0.2, -0.15) is 0 Å². The molecular formula is C20H20Cl3N5O2. The Morgan fingerprint density at radius 3 is 2.60 bits per heavy atom. The molecule has 0 bridgehead atoms. The summed E-state index contributed by atoms with van der Waals surface area (Å²) in [5.41, 5.74) is 1.75. The average molecular weight is 469 g/mol. The van der Waals surface area contributed by atoms with Gasteiger partial charge in [0.2, 0.25) is 5.95 Å². The van der Waals surface area contributed by atoms with Gasteiger partial charge in [-0.1, -0.05) is 52.0 Å². The van der Waals surface area contributed by atoms with Gasteiger partial charge in [0.25, 0.3) is 0 Å². The molecule has 1 heterocycles. The number of nitrogens with zero attached hydrogens (tertiary/aromatic N) is 4. The van der Waals surface area contributed by atoms with Crippen LogP contribution in [0.2, 0.25) is 15.1 Å². The molecule has 0 saturated carbocycles. The van der Waals surface area contributed by atoms with Crippen molar-refractivity contribution in [3.63, 3.8) is 0 Å². The maximum atomic E-state index is 6.50. The van der Waals surface area contributed by atoms with Gasteiger partial charge in [0.05, 0.1) is 28.2 Å². The Hall–Kier alpha value is -2.48. The third-order valence-corrected chi connectivity index (χ3v) is 5.04. The number of halogens is 3. The van der Waals surface area contributed by atoms with Crippen molar-refractivity contribution in [1.82, 2.24) is 20.2 Å².